The molecule has 4 heterocycles. The lowest BCUT2D eigenvalue weighted by Gasteiger charge is -2.35. The maximum Gasteiger partial charge on any atom is 0.232 e. The molecular weight excluding hydrogens is 456 g/mol. The van der Waals surface area contributed by atoms with E-state index in [2.05, 4.69) is 33.4 Å². The summed E-state index contributed by atoms with van der Waals surface area (Å²) in [5, 5.41) is 6.95. The standard InChI is InChI=1S/C27H34N6OS/c1-20-10-6-9-17-33(20)25-18-24(32-15-7-3-8-16-32)29-26(30-25)31-27(35)28-19-22-13-14-23(34-22)21-11-4-2-5-12-21/h2,4-5,11-14,18,20H,3,6-10,15-17,19H2,1H3,(H2,28,29,30,31,35)/t20-/m0/s1. The smallest absolute Gasteiger partial charge is 0.232 e. The minimum Gasteiger partial charge on any atom is -0.459 e. The van der Waals surface area contributed by atoms with E-state index in [1.54, 1.807) is 0 Å². The first-order chi connectivity index (χ1) is 17.2. The second kappa shape index (κ2) is 11.1. The molecule has 2 aliphatic heterocycles. The van der Waals surface area contributed by atoms with E-state index in [0.29, 0.717) is 23.6 Å². The van der Waals surface area contributed by atoms with Gasteiger partial charge in [0.15, 0.2) is 5.11 Å². The summed E-state index contributed by atoms with van der Waals surface area (Å²) in [5.74, 6) is 4.17. The Bertz CT molecular complexity index is 1130. The van der Waals surface area contributed by atoms with E-state index in [9.17, 15) is 0 Å². The molecule has 0 amide bonds. The molecule has 184 valence electrons. The van der Waals surface area contributed by atoms with Crippen molar-refractivity contribution in [1.82, 2.24) is 15.3 Å². The maximum absolute atomic E-state index is 5.98. The molecule has 2 fully saturated rings. The average Bonchev–Trinajstić information content (AvgIpc) is 3.38. The van der Waals surface area contributed by atoms with Gasteiger partial charge in [-0.05, 0) is 69.8 Å². The number of hydrogen-bond donors (Lipinski definition) is 2. The van der Waals surface area contributed by atoms with Crippen molar-refractivity contribution in [3.63, 3.8) is 0 Å². The van der Waals surface area contributed by atoms with Crippen LogP contribution >= 0.6 is 12.2 Å². The highest BCUT2D eigenvalue weighted by atomic mass is 32.1. The molecule has 2 N–H and O–H groups in total. The van der Waals surface area contributed by atoms with Crippen LogP contribution in [0.25, 0.3) is 11.3 Å². The summed E-state index contributed by atoms with van der Waals surface area (Å²) >= 11 is 5.59. The number of anilines is 3. The number of piperidine rings is 2. The van der Waals surface area contributed by atoms with Gasteiger partial charge in [0.25, 0.3) is 0 Å². The van der Waals surface area contributed by atoms with Crippen LogP contribution in [-0.4, -0.2) is 40.8 Å². The van der Waals surface area contributed by atoms with Gasteiger partial charge in [-0.1, -0.05) is 30.3 Å². The van der Waals surface area contributed by atoms with Gasteiger partial charge in [0, 0.05) is 37.3 Å². The van der Waals surface area contributed by atoms with Gasteiger partial charge in [-0.25, -0.2) is 0 Å². The van der Waals surface area contributed by atoms with Crippen LogP contribution in [0.5, 0.6) is 0 Å². The molecule has 0 spiro atoms. The number of rotatable bonds is 6. The molecule has 2 saturated heterocycles. The highest BCUT2D eigenvalue weighted by Gasteiger charge is 2.23. The zero-order valence-corrected chi connectivity index (χ0v) is 21.2. The number of hydrogen-bond acceptors (Lipinski definition) is 6. The molecule has 2 aliphatic rings. The quantitative estimate of drug-likeness (QED) is 0.433. The molecule has 0 unspecified atom stereocenters. The summed E-state index contributed by atoms with van der Waals surface area (Å²) in [7, 11) is 0. The summed E-state index contributed by atoms with van der Waals surface area (Å²) in [6.45, 7) is 5.88. The van der Waals surface area contributed by atoms with Gasteiger partial charge in [-0.3, -0.25) is 0 Å². The van der Waals surface area contributed by atoms with Crippen molar-refractivity contribution < 1.29 is 4.42 Å². The van der Waals surface area contributed by atoms with Crippen molar-refractivity contribution in [2.45, 2.75) is 58.0 Å². The number of aromatic nitrogens is 2. The molecule has 3 aromatic rings. The molecule has 5 rings (SSSR count). The summed E-state index contributed by atoms with van der Waals surface area (Å²) in [5.41, 5.74) is 1.06. The number of thiocarbonyl (C=S) groups is 1. The van der Waals surface area contributed by atoms with Crippen LogP contribution < -0.4 is 20.4 Å². The van der Waals surface area contributed by atoms with Crippen LogP contribution in [0.15, 0.2) is 52.9 Å². The average molecular weight is 491 g/mol. The third-order valence-corrected chi connectivity index (χ3v) is 7.09. The van der Waals surface area contributed by atoms with Crippen LogP contribution in [0.2, 0.25) is 0 Å². The van der Waals surface area contributed by atoms with Gasteiger partial charge >= 0.3 is 0 Å². The largest absolute Gasteiger partial charge is 0.459 e. The third-order valence-electron chi connectivity index (χ3n) is 6.84. The molecule has 0 aliphatic carbocycles. The Morgan fingerprint density at radius 2 is 1.74 bits per heavy atom. The number of furan rings is 1. The predicted molar refractivity (Wildman–Crippen MR) is 146 cm³/mol. The molecule has 7 nitrogen and oxygen atoms in total. The van der Waals surface area contributed by atoms with Gasteiger partial charge in [0.2, 0.25) is 5.95 Å². The van der Waals surface area contributed by atoms with Gasteiger partial charge in [0.1, 0.15) is 23.2 Å². The molecule has 1 atom stereocenters. The third kappa shape index (κ3) is 5.93. The maximum atomic E-state index is 5.98. The Morgan fingerprint density at radius 3 is 2.54 bits per heavy atom. The summed E-state index contributed by atoms with van der Waals surface area (Å²) in [6, 6.07) is 16.7. The van der Waals surface area contributed by atoms with Crippen molar-refractivity contribution in [2.24, 2.45) is 0 Å². The van der Waals surface area contributed by atoms with Gasteiger partial charge < -0.3 is 24.9 Å². The minimum absolute atomic E-state index is 0.476. The normalized spacial score (nSPS) is 18.4. The fourth-order valence-electron chi connectivity index (χ4n) is 4.89. The van der Waals surface area contributed by atoms with Crippen molar-refractivity contribution >= 4 is 34.9 Å². The molecule has 35 heavy (non-hydrogen) atoms. The Balaban J connectivity index is 1.28. The van der Waals surface area contributed by atoms with E-state index in [1.165, 1.54) is 38.5 Å². The zero-order valence-electron chi connectivity index (χ0n) is 20.4. The fraction of sp³-hybridized carbons (Fsp3) is 0.444. The lowest BCUT2D eigenvalue weighted by Crippen LogP contribution is -2.39. The molecular formula is C27H34N6OS. The molecule has 2 aromatic heterocycles. The van der Waals surface area contributed by atoms with Crippen LogP contribution in [0.4, 0.5) is 17.6 Å². The van der Waals surface area contributed by atoms with Crippen LogP contribution in [-0.2, 0) is 6.54 Å². The fourth-order valence-corrected chi connectivity index (χ4v) is 5.06. The minimum atomic E-state index is 0.476. The van der Waals surface area contributed by atoms with Crippen LogP contribution in [0.1, 0.15) is 51.2 Å². The van der Waals surface area contributed by atoms with Gasteiger partial charge in [-0.15, -0.1) is 0 Å². The molecule has 0 radical (unpaired) electrons. The highest BCUT2D eigenvalue weighted by molar-refractivity contribution is 7.80. The molecule has 0 saturated carbocycles. The van der Waals surface area contributed by atoms with Crippen molar-refractivity contribution in [2.75, 3.05) is 34.8 Å². The first-order valence-corrected chi connectivity index (χ1v) is 13.2. The number of benzene rings is 1. The highest BCUT2D eigenvalue weighted by Crippen LogP contribution is 2.28. The molecule has 0 bridgehead atoms. The van der Waals surface area contributed by atoms with E-state index in [-0.39, 0.29) is 0 Å². The summed E-state index contributed by atoms with van der Waals surface area (Å²) in [4.78, 5) is 14.5. The first-order valence-electron chi connectivity index (χ1n) is 12.8. The first kappa shape index (κ1) is 23.6. The monoisotopic (exact) mass is 490 g/mol. The van der Waals surface area contributed by atoms with Crippen LogP contribution in [0, 0.1) is 0 Å². The van der Waals surface area contributed by atoms with E-state index in [0.717, 1.165) is 48.4 Å². The summed E-state index contributed by atoms with van der Waals surface area (Å²) in [6.07, 6.45) is 7.37. The Labute approximate surface area is 212 Å². The van der Waals surface area contributed by atoms with Gasteiger partial charge in [0.05, 0.1) is 6.54 Å². The van der Waals surface area contributed by atoms with E-state index in [4.69, 9.17) is 26.6 Å². The summed E-state index contributed by atoms with van der Waals surface area (Å²) < 4.78 is 5.98. The van der Waals surface area contributed by atoms with Crippen molar-refractivity contribution in [3.8, 4) is 11.3 Å². The molecule has 1 aromatic carbocycles. The second-order valence-electron chi connectivity index (χ2n) is 9.43. The van der Waals surface area contributed by atoms with E-state index < -0.39 is 0 Å². The topological polar surface area (TPSA) is 69.5 Å². The second-order valence-corrected chi connectivity index (χ2v) is 9.84. The van der Waals surface area contributed by atoms with E-state index >= 15 is 0 Å². The van der Waals surface area contributed by atoms with Gasteiger partial charge in [-0.2, -0.15) is 9.97 Å². The zero-order chi connectivity index (χ0) is 24.0. The van der Waals surface area contributed by atoms with Crippen molar-refractivity contribution in [1.29, 1.82) is 0 Å². The molecule has 8 heteroatoms. The lowest BCUT2D eigenvalue weighted by atomic mass is 10.0. The van der Waals surface area contributed by atoms with Crippen molar-refractivity contribution in [3.05, 3.63) is 54.3 Å². The number of nitrogens with one attached hydrogen (secondary N) is 2. The Morgan fingerprint density at radius 1 is 0.971 bits per heavy atom. The predicted octanol–water partition coefficient (Wildman–Crippen LogP) is 5.59. The number of nitrogens with zero attached hydrogens (tertiary/aromatic N) is 4. The van der Waals surface area contributed by atoms with E-state index in [1.807, 2.05) is 42.5 Å². The lowest BCUT2D eigenvalue weighted by molar-refractivity contribution is 0.481. The SMILES string of the molecule is C[C@H]1CCCCN1c1cc(N2CCCCC2)nc(NC(=S)NCc2ccc(-c3ccccc3)o2)n1. The van der Waals surface area contributed by atoms with Crippen LogP contribution in [0.3, 0.4) is 0 Å². The Kier molecular flexibility index (Phi) is 7.47. The Hall–Kier alpha value is -3.13.